The Morgan fingerprint density at radius 3 is 2.00 bits per heavy atom. The van der Waals surface area contributed by atoms with E-state index in [0.717, 1.165) is 32.7 Å². The lowest BCUT2D eigenvalue weighted by molar-refractivity contribution is -0.130. The molecule has 0 unspecified atom stereocenters. The van der Waals surface area contributed by atoms with E-state index in [1.54, 1.807) is 19.0 Å². The van der Waals surface area contributed by atoms with E-state index in [4.69, 9.17) is 11.6 Å². The molecule has 0 N–H and O–H groups in total. The summed E-state index contributed by atoms with van der Waals surface area (Å²) in [5, 5.41) is 0.679. The minimum Gasteiger partial charge on any atom is -0.348 e. The van der Waals surface area contributed by atoms with Crippen molar-refractivity contribution < 1.29 is 4.79 Å². The van der Waals surface area contributed by atoms with Gasteiger partial charge in [-0.15, -0.1) is 0 Å². The van der Waals surface area contributed by atoms with Crippen LogP contribution in [0.25, 0.3) is 0 Å². The highest BCUT2D eigenvalue weighted by Crippen LogP contribution is 2.06. The fraction of sp³-hybridized carbons (Fsp3) is 0.727. The summed E-state index contributed by atoms with van der Waals surface area (Å²) in [6, 6.07) is 0. The largest absolute Gasteiger partial charge is 0.348 e. The molecule has 0 bridgehead atoms. The molecule has 0 aromatic heterocycles. The molecule has 1 aliphatic rings. The Hall–Kier alpha value is -0.580. The second kappa shape index (κ2) is 6.23. The molecule has 1 heterocycles. The maximum Gasteiger partial charge on any atom is 0.236 e. The maximum absolute atomic E-state index is 11.5. The predicted molar refractivity (Wildman–Crippen MR) is 66.6 cm³/mol. The number of hydrogen-bond donors (Lipinski definition) is 0. The van der Waals surface area contributed by atoms with Crippen LogP contribution in [0, 0.1) is 0 Å². The topological polar surface area (TPSA) is 26.8 Å². The lowest BCUT2D eigenvalue weighted by Crippen LogP contribution is -2.49. The van der Waals surface area contributed by atoms with Crippen LogP contribution in [0.2, 0.25) is 0 Å². The highest BCUT2D eigenvalue weighted by atomic mass is 35.5. The molecule has 0 saturated carbocycles. The zero-order valence-corrected chi connectivity index (χ0v) is 10.8. The first-order valence-electron chi connectivity index (χ1n) is 5.47. The van der Waals surface area contributed by atoms with Crippen molar-refractivity contribution in [2.75, 3.05) is 53.4 Å². The van der Waals surface area contributed by atoms with Crippen LogP contribution in [0.1, 0.15) is 0 Å². The number of nitrogens with zero attached hydrogens (tertiary/aromatic N) is 3. The molecule has 0 radical (unpaired) electrons. The zero-order valence-electron chi connectivity index (χ0n) is 10.1. The summed E-state index contributed by atoms with van der Waals surface area (Å²) in [7, 11) is 3.58. The summed E-state index contributed by atoms with van der Waals surface area (Å²) in [4.78, 5) is 17.6. The summed E-state index contributed by atoms with van der Waals surface area (Å²) < 4.78 is 0. The van der Waals surface area contributed by atoms with Crippen molar-refractivity contribution in [3.63, 3.8) is 0 Å². The highest BCUT2D eigenvalue weighted by molar-refractivity contribution is 6.29. The second-order valence-corrected chi connectivity index (χ2v) is 4.89. The Balaban J connectivity index is 2.27. The van der Waals surface area contributed by atoms with E-state index >= 15 is 0 Å². The summed E-state index contributed by atoms with van der Waals surface area (Å²) in [6.45, 7) is 8.70. The minimum atomic E-state index is 0.162. The van der Waals surface area contributed by atoms with E-state index < -0.39 is 0 Å². The smallest absolute Gasteiger partial charge is 0.236 e. The van der Waals surface area contributed by atoms with E-state index in [1.807, 2.05) is 0 Å². The molecule has 0 spiro atoms. The van der Waals surface area contributed by atoms with Crippen LogP contribution < -0.4 is 0 Å². The van der Waals surface area contributed by atoms with Gasteiger partial charge in [0, 0.05) is 51.9 Å². The second-order valence-electron chi connectivity index (χ2n) is 4.36. The van der Waals surface area contributed by atoms with E-state index in [9.17, 15) is 4.79 Å². The molecule has 0 aromatic carbocycles. The minimum absolute atomic E-state index is 0.162. The van der Waals surface area contributed by atoms with Gasteiger partial charge in [-0.25, -0.2) is 0 Å². The van der Waals surface area contributed by atoms with Gasteiger partial charge < -0.3 is 4.90 Å². The molecule has 1 saturated heterocycles. The van der Waals surface area contributed by atoms with Crippen LogP contribution >= 0.6 is 11.6 Å². The number of carbonyl (C=O) groups excluding carboxylic acids is 1. The SMILES string of the molecule is C=C(Cl)CN1CCN(CC(=O)N(C)C)CC1. The molecular formula is C11H20ClN3O. The first-order valence-corrected chi connectivity index (χ1v) is 5.85. The van der Waals surface area contributed by atoms with Gasteiger partial charge in [0.15, 0.2) is 0 Å². The van der Waals surface area contributed by atoms with Crippen molar-refractivity contribution in [3.05, 3.63) is 11.6 Å². The highest BCUT2D eigenvalue weighted by Gasteiger charge is 2.19. The Morgan fingerprint density at radius 2 is 1.62 bits per heavy atom. The first kappa shape index (κ1) is 13.5. The molecular weight excluding hydrogens is 226 g/mol. The van der Waals surface area contributed by atoms with E-state index in [1.165, 1.54) is 0 Å². The number of amides is 1. The van der Waals surface area contributed by atoms with Crippen LogP contribution in [0.4, 0.5) is 0 Å². The number of rotatable bonds is 4. The van der Waals surface area contributed by atoms with Crippen LogP contribution in [0.3, 0.4) is 0 Å². The Kier molecular flexibility index (Phi) is 5.25. The zero-order chi connectivity index (χ0) is 12.1. The van der Waals surface area contributed by atoms with Gasteiger partial charge in [-0.3, -0.25) is 14.6 Å². The van der Waals surface area contributed by atoms with Crippen LogP contribution in [0.15, 0.2) is 11.6 Å². The fourth-order valence-electron chi connectivity index (χ4n) is 1.68. The van der Waals surface area contributed by atoms with Gasteiger partial charge in [0.2, 0.25) is 5.91 Å². The molecule has 92 valence electrons. The van der Waals surface area contributed by atoms with Gasteiger partial charge in [-0.1, -0.05) is 18.2 Å². The van der Waals surface area contributed by atoms with Gasteiger partial charge in [-0.05, 0) is 0 Å². The monoisotopic (exact) mass is 245 g/mol. The summed E-state index contributed by atoms with van der Waals surface area (Å²) >= 11 is 5.76. The molecule has 4 nitrogen and oxygen atoms in total. The molecule has 1 rings (SSSR count). The lowest BCUT2D eigenvalue weighted by atomic mass is 10.3. The molecule has 1 amide bonds. The number of hydrogen-bond acceptors (Lipinski definition) is 3. The van der Waals surface area contributed by atoms with Crippen molar-refractivity contribution in [3.8, 4) is 0 Å². The average molecular weight is 246 g/mol. The molecule has 0 atom stereocenters. The first-order chi connectivity index (χ1) is 7.49. The average Bonchev–Trinajstić information content (AvgIpc) is 2.20. The van der Waals surface area contributed by atoms with Gasteiger partial charge >= 0.3 is 0 Å². The third-order valence-corrected chi connectivity index (χ3v) is 2.84. The summed E-state index contributed by atoms with van der Waals surface area (Å²) in [5.41, 5.74) is 0. The van der Waals surface area contributed by atoms with Crippen molar-refractivity contribution in [2.45, 2.75) is 0 Å². The van der Waals surface area contributed by atoms with E-state index in [0.29, 0.717) is 11.6 Å². The van der Waals surface area contributed by atoms with Gasteiger partial charge in [0.25, 0.3) is 0 Å². The molecule has 1 fully saturated rings. The third kappa shape index (κ3) is 4.51. The van der Waals surface area contributed by atoms with Crippen molar-refractivity contribution in [1.29, 1.82) is 0 Å². The molecule has 5 heteroatoms. The fourth-order valence-corrected chi connectivity index (χ4v) is 1.85. The summed E-state index contributed by atoms with van der Waals surface area (Å²) in [6.07, 6.45) is 0. The van der Waals surface area contributed by atoms with Gasteiger partial charge in [0.1, 0.15) is 0 Å². The predicted octanol–water partition coefficient (Wildman–Crippen LogP) is 0.445. The number of carbonyl (C=O) groups is 1. The van der Waals surface area contributed by atoms with E-state index in [-0.39, 0.29) is 5.91 Å². The quantitative estimate of drug-likeness (QED) is 0.720. The molecule has 1 aliphatic heterocycles. The molecule has 0 aromatic rings. The molecule has 0 aliphatic carbocycles. The standard InChI is InChI=1S/C11H20ClN3O/c1-10(12)8-14-4-6-15(7-5-14)9-11(16)13(2)3/h1,4-9H2,2-3H3. The van der Waals surface area contributed by atoms with E-state index in [2.05, 4.69) is 16.4 Å². The van der Waals surface area contributed by atoms with Crippen molar-refractivity contribution >= 4 is 17.5 Å². The number of likely N-dealkylation sites (N-methyl/N-ethyl adjacent to an activating group) is 1. The Labute approximate surface area is 102 Å². The lowest BCUT2D eigenvalue weighted by Gasteiger charge is -2.34. The van der Waals surface area contributed by atoms with Crippen molar-refractivity contribution in [1.82, 2.24) is 14.7 Å². The number of halogens is 1. The number of piperazine rings is 1. The normalized spacial score (nSPS) is 18.4. The third-order valence-electron chi connectivity index (χ3n) is 2.72. The van der Waals surface area contributed by atoms with Crippen molar-refractivity contribution in [2.24, 2.45) is 0 Å². The van der Waals surface area contributed by atoms with Gasteiger partial charge in [0.05, 0.1) is 6.54 Å². The summed E-state index contributed by atoms with van der Waals surface area (Å²) in [5.74, 6) is 0.162. The Bertz CT molecular complexity index is 260. The van der Waals surface area contributed by atoms with Crippen LogP contribution in [-0.4, -0.2) is 74.0 Å². The maximum atomic E-state index is 11.5. The van der Waals surface area contributed by atoms with Crippen LogP contribution in [-0.2, 0) is 4.79 Å². The van der Waals surface area contributed by atoms with Gasteiger partial charge in [-0.2, -0.15) is 0 Å². The van der Waals surface area contributed by atoms with Crippen LogP contribution in [0.5, 0.6) is 0 Å². The molecule has 16 heavy (non-hydrogen) atoms. The Morgan fingerprint density at radius 1 is 1.19 bits per heavy atom.